The molecule has 0 bridgehead atoms. The number of hydrogen-bond donors (Lipinski definition) is 5. The molecule has 11 nitrogen and oxygen atoms in total. The van der Waals surface area contributed by atoms with E-state index >= 15 is 0 Å². The Morgan fingerprint density at radius 2 is 1.43 bits per heavy atom. The second-order valence-electron chi connectivity index (χ2n) is 9.59. The number of alkyl carbamates (subject to hydrolysis) is 1. The third-order valence-corrected chi connectivity index (χ3v) is 5.50. The molecule has 0 spiro atoms. The van der Waals surface area contributed by atoms with Crippen LogP contribution in [0.1, 0.15) is 95.5 Å². The van der Waals surface area contributed by atoms with Gasteiger partial charge in [0.2, 0.25) is 0 Å². The number of amides is 2. The fourth-order valence-corrected chi connectivity index (χ4v) is 3.57. The lowest BCUT2D eigenvalue weighted by molar-refractivity contribution is 0.0526. The van der Waals surface area contributed by atoms with Crippen LogP contribution in [0.25, 0.3) is 0 Å². The van der Waals surface area contributed by atoms with Crippen LogP contribution >= 0.6 is 11.6 Å². The molecular weight excluding hydrogens is 472 g/mol. The van der Waals surface area contributed by atoms with Crippen molar-refractivity contribution >= 4 is 35.2 Å². The van der Waals surface area contributed by atoms with Crippen molar-refractivity contribution in [3.05, 3.63) is 10.8 Å². The lowest BCUT2D eigenvalue weighted by Gasteiger charge is -2.26. The average molecular weight is 515 g/mol. The largest absolute Gasteiger partial charge is 0.444 e. The summed E-state index contributed by atoms with van der Waals surface area (Å²) in [6, 6.07) is 0. The van der Waals surface area contributed by atoms with Gasteiger partial charge in [0.15, 0.2) is 22.5 Å². The van der Waals surface area contributed by atoms with Crippen molar-refractivity contribution in [1.82, 2.24) is 20.2 Å². The number of carbonyl (C=O) groups is 2. The van der Waals surface area contributed by atoms with Crippen LogP contribution in [-0.2, 0) is 4.74 Å². The molecule has 2 amide bonds. The van der Waals surface area contributed by atoms with E-state index in [9.17, 15) is 9.59 Å². The standard InChI is InChI=1S/C23H43ClN8O3/c1-23(2,3)35-22(34)29-14-12-10-8-6-4-5-7-9-11-13-15-32(21(27)28)20(33)16-18(25)31-19(26)17(24)30-16/h21H,4-15,27-28H2,1-3H3,(H,29,34)(H4,25,26,31). The highest BCUT2D eigenvalue weighted by Gasteiger charge is 2.24. The minimum atomic E-state index is -0.987. The molecule has 35 heavy (non-hydrogen) atoms. The zero-order valence-electron chi connectivity index (χ0n) is 21.3. The van der Waals surface area contributed by atoms with Gasteiger partial charge in [0.1, 0.15) is 11.9 Å². The minimum absolute atomic E-state index is 0.0421. The second-order valence-corrected chi connectivity index (χ2v) is 9.94. The number of unbranched alkanes of at least 4 members (excludes halogenated alkanes) is 9. The number of nitrogens with two attached hydrogens (primary N) is 4. The van der Waals surface area contributed by atoms with Crippen LogP contribution in [0.15, 0.2) is 0 Å². The lowest BCUT2D eigenvalue weighted by Crippen LogP contribution is -2.52. The number of ether oxygens (including phenoxy) is 1. The first-order valence-corrected chi connectivity index (χ1v) is 12.7. The van der Waals surface area contributed by atoms with E-state index in [1.807, 2.05) is 20.8 Å². The maximum Gasteiger partial charge on any atom is 0.407 e. The molecule has 0 atom stereocenters. The molecule has 0 aliphatic heterocycles. The minimum Gasteiger partial charge on any atom is -0.444 e. The van der Waals surface area contributed by atoms with Crippen LogP contribution < -0.4 is 28.3 Å². The molecule has 1 heterocycles. The van der Waals surface area contributed by atoms with E-state index in [-0.39, 0.29) is 28.6 Å². The first-order valence-electron chi connectivity index (χ1n) is 12.3. The van der Waals surface area contributed by atoms with Gasteiger partial charge in [-0.1, -0.05) is 63.0 Å². The van der Waals surface area contributed by atoms with Gasteiger partial charge in [-0.05, 0) is 33.6 Å². The van der Waals surface area contributed by atoms with E-state index in [0.717, 1.165) is 44.9 Å². The zero-order chi connectivity index (χ0) is 26.4. The SMILES string of the molecule is CC(C)(C)OC(=O)NCCCCCCCCCCCCN(C(=O)c1nc(Cl)c(N)nc1N)C(N)N. The third-order valence-electron chi connectivity index (χ3n) is 5.22. The maximum absolute atomic E-state index is 12.7. The van der Waals surface area contributed by atoms with Crippen LogP contribution in [0.5, 0.6) is 0 Å². The van der Waals surface area contributed by atoms with Gasteiger partial charge in [0, 0.05) is 13.1 Å². The summed E-state index contributed by atoms with van der Waals surface area (Å²) >= 11 is 5.87. The van der Waals surface area contributed by atoms with Gasteiger partial charge >= 0.3 is 6.09 Å². The predicted octanol–water partition coefficient (Wildman–Crippen LogP) is 3.36. The number of aromatic nitrogens is 2. The fraction of sp³-hybridized carbons (Fsp3) is 0.739. The first-order chi connectivity index (χ1) is 16.4. The summed E-state index contributed by atoms with van der Waals surface area (Å²) in [7, 11) is 0. The number of nitrogen functional groups attached to an aromatic ring is 2. The number of halogens is 1. The summed E-state index contributed by atoms with van der Waals surface area (Å²) in [6.07, 6.45) is 9.32. The summed E-state index contributed by atoms with van der Waals surface area (Å²) in [4.78, 5) is 33.4. The van der Waals surface area contributed by atoms with Crippen molar-refractivity contribution in [3.8, 4) is 0 Å². The molecule has 1 aromatic rings. The zero-order valence-corrected chi connectivity index (χ0v) is 22.1. The highest BCUT2D eigenvalue weighted by atomic mass is 35.5. The van der Waals surface area contributed by atoms with Gasteiger partial charge in [0.25, 0.3) is 5.91 Å². The second kappa shape index (κ2) is 15.6. The number of nitrogens with zero attached hydrogens (tertiary/aromatic N) is 3. The van der Waals surface area contributed by atoms with Gasteiger partial charge in [0.05, 0.1) is 0 Å². The maximum atomic E-state index is 12.7. The molecule has 1 rings (SSSR count). The first kappa shape index (κ1) is 30.7. The molecule has 200 valence electrons. The van der Waals surface area contributed by atoms with E-state index in [1.165, 1.54) is 24.2 Å². The molecule has 0 radical (unpaired) electrons. The van der Waals surface area contributed by atoms with Crippen molar-refractivity contribution in [2.24, 2.45) is 11.5 Å². The summed E-state index contributed by atoms with van der Waals surface area (Å²) in [6.45, 7) is 6.58. The number of anilines is 2. The number of nitrogens with one attached hydrogen (secondary N) is 1. The topological polar surface area (TPSA) is 189 Å². The predicted molar refractivity (Wildman–Crippen MR) is 139 cm³/mol. The van der Waals surface area contributed by atoms with E-state index < -0.39 is 17.8 Å². The highest BCUT2D eigenvalue weighted by molar-refractivity contribution is 6.31. The molecule has 0 saturated heterocycles. The van der Waals surface area contributed by atoms with Gasteiger partial charge in [-0.2, -0.15) is 0 Å². The van der Waals surface area contributed by atoms with E-state index in [0.29, 0.717) is 13.1 Å². The summed E-state index contributed by atoms with van der Waals surface area (Å²) in [5.41, 5.74) is 22.3. The monoisotopic (exact) mass is 514 g/mol. The molecule has 9 N–H and O–H groups in total. The van der Waals surface area contributed by atoms with Crippen LogP contribution in [0.3, 0.4) is 0 Å². The van der Waals surface area contributed by atoms with Gasteiger partial charge in [-0.3, -0.25) is 16.3 Å². The number of rotatable bonds is 15. The average Bonchev–Trinajstić information content (AvgIpc) is 2.74. The summed E-state index contributed by atoms with van der Waals surface area (Å²) in [5, 5.41) is 2.69. The normalized spacial score (nSPS) is 11.5. The van der Waals surface area contributed by atoms with Crippen molar-refractivity contribution in [2.75, 3.05) is 24.6 Å². The Balaban J connectivity index is 2.13. The molecule has 0 aromatic carbocycles. The van der Waals surface area contributed by atoms with Crippen molar-refractivity contribution in [2.45, 2.75) is 96.9 Å². The van der Waals surface area contributed by atoms with Crippen molar-refractivity contribution < 1.29 is 14.3 Å². The lowest BCUT2D eigenvalue weighted by atomic mass is 10.1. The molecule has 0 unspecified atom stereocenters. The fourth-order valence-electron chi connectivity index (χ4n) is 3.45. The smallest absolute Gasteiger partial charge is 0.407 e. The van der Waals surface area contributed by atoms with E-state index in [4.69, 9.17) is 39.3 Å². The molecule has 1 aromatic heterocycles. The highest BCUT2D eigenvalue weighted by Crippen LogP contribution is 2.19. The third kappa shape index (κ3) is 12.8. The van der Waals surface area contributed by atoms with Gasteiger partial charge < -0.3 is 26.4 Å². The molecule has 0 aliphatic rings. The van der Waals surface area contributed by atoms with Crippen molar-refractivity contribution in [1.29, 1.82) is 0 Å². The Labute approximate surface area is 213 Å². The Morgan fingerprint density at radius 1 is 0.914 bits per heavy atom. The van der Waals surface area contributed by atoms with E-state index in [2.05, 4.69) is 15.3 Å². The number of hydrogen-bond acceptors (Lipinski definition) is 9. The van der Waals surface area contributed by atoms with Crippen LogP contribution in [0.4, 0.5) is 16.4 Å². The molecular formula is C23H43ClN8O3. The molecule has 0 fully saturated rings. The van der Waals surface area contributed by atoms with Crippen LogP contribution in [-0.4, -0.2) is 51.8 Å². The van der Waals surface area contributed by atoms with Gasteiger partial charge in [-0.15, -0.1) is 0 Å². The Hall–Kier alpha value is -2.37. The quantitative estimate of drug-likeness (QED) is 0.172. The summed E-state index contributed by atoms with van der Waals surface area (Å²) < 4.78 is 5.21. The Morgan fingerprint density at radius 3 is 1.94 bits per heavy atom. The molecule has 0 aliphatic carbocycles. The van der Waals surface area contributed by atoms with E-state index in [1.54, 1.807) is 0 Å². The molecule has 12 heteroatoms. The summed E-state index contributed by atoms with van der Waals surface area (Å²) in [5.74, 6) is -0.672. The Kier molecular flexibility index (Phi) is 13.7. The van der Waals surface area contributed by atoms with Crippen LogP contribution in [0, 0.1) is 0 Å². The van der Waals surface area contributed by atoms with Crippen molar-refractivity contribution in [3.63, 3.8) is 0 Å². The van der Waals surface area contributed by atoms with Gasteiger partial charge in [-0.25, -0.2) is 14.8 Å². The number of carbonyl (C=O) groups excluding carboxylic acids is 2. The Bertz CT molecular complexity index is 802. The van der Waals surface area contributed by atoms with Crippen LogP contribution in [0.2, 0.25) is 5.15 Å². The molecule has 0 saturated carbocycles.